The average Bonchev–Trinajstić information content (AvgIpc) is 2.92. The summed E-state index contributed by atoms with van der Waals surface area (Å²) in [5, 5.41) is 23.8. The lowest BCUT2D eigenvalue weighted by atomic mass is 9.74. The first-order valence-electron chi connectivity index (χ1n) is 13.3. The molecule has 1 saturated carbocycles. The Morgan fingerprint density at radius 3 is 2.37 bits per heavy atom. The zero-order valence-electron chi connectivity index (χ0n) is 22.9. The van der Waals surface area contributed by atoms with Crippen LogP contribution in [0.15, 0.2) is 59.5 Å². The molecule has 0 aliphatic heterocycles. The molecule has 1 amide bonds. The number of halogens is 1. The van der Waals surface area contributed by atoms with E-state index in [0.29, 0.717) is 19.3 Å². The number of carboxylic acid groups (broad SMARTS) is 1. The molecule has 4 N–H and O–H groups in total. The molecular formula is C28H37FN2O8S2. The minimum absolute atomic E-state index is 0.0697. The molecule has 3 rings (SSSR count). The number of benzene rings is 2. The lowest BCUT2D eigenvalue weighted by molar-refractivity contribution is -0.147. The molecule has 41 heavy (non-hydrogen) atoms. The smallest absolute Gasteiger partial charge is 0.306 e. The van der Waals surface area contributed by atoms with Crippen LogP contribution in [0.3, 0.4) is 0 Å². The molecular weight excluding hydrogens is 575 g/mol. The van der Waals surface area contributed by atoms with Gasteiger partial charge in [0.15, 0.2) is 0 Å². The average molecular weight is 613 g/mol. The molecule has 0 bridgehead atoms. The third kappa shape index (κ3) is 10.3. The summed E-state index contributed by atoms with van der Waals surface area (Å²) in [6.07, 6.45) is 1.22. The largest absolute Gasteiger partial charge is 0.481 e. The van der Waals surface area contributed by atoms with E-state index >= 15 is 0 Å². The molecule has 0 saturated heterocycles. The summed E-state index contributed by atoms with van der Waals surface area (Å²) in [4.78, 5) is 25.6. The number of methoxy groups -OCH3 is 1. The molecule has 0 heterocycles. The van der Waals surface area contributed by atoms with Gasteiger partial charge in [0.2, 0.25) is 15.9 Å². The van der Waals surface area contributed by atoms with Crippen LogP contribution in [0.5, 0.6) is 0 Å². The standard InChI is InChI=1S/C28H37FN2O8S2/c1-39-21-10-13-23(28(34)35)19(15-21)16-26(32)24(14-18-6-4-3-5-7-18)30-27(33)25(31-41(2,37)38)17-40(36)22-11-8-20(29)9-12-22/h3-9,11-12,19,21,23-26,31-32H,10,13-17H2,1-2H3,(H,30,33)(H,34,35). The fourth-order valence-corrected chi connectivity index (χ4v) is 7.17. The fraction of sp³-hybridized carbons (Fsp3) is 0.500. The minimum atomic E-state index is -3.91. The lowest BCUT2D eigenvalue weighted by Gasteiger charge is -2.36. The third-order valence-corrected chi connectivity index (χ3v) is 9.43. The van der Waals surface area contributed by atoms with Crippen molar-refractivity contribution in [1.82, 2.24) is 10.0 Å². The monoisotopic (exact) mass is 612 g/mol. The predicted molar refractivity (Wildman–Crippen MR) is 151 cm³/mol. The highest BCUT2D eigenvalue weighted by Gasteiger charge is 2.38. The first-order chi connectivity index (χ1) is 19.4. The van der Waals surface area contributed by atoms with Crippen molar-refractivity contribution in [3.05, 3.63) is 66.0 Å². The first-order valence-corrected chi connectivity index (χ1v) is 16.5. The molecule has 0 spiro atoms. The predicted octanol–water partition coefficient (Wildman–Crippen LogP) is 1.85. The number of hydrogen-bond donors (Lipinski definition) is 4. The molecule has 7 atom stereocenters. The van der Waals surface area contributed by atoms with Crippen molar-refractivity contribution < 1.29 is 41.6 Å². The number of aliphatic hydroxyl groups excluding tert-OH is 1. The van der Waals surface area contributed by atoms with Gasteiger partial charge in [0.05, 0.1) is 47.0 Å². The van der Waals surface area contributed by atoms with Crippen LogP contribution in [0, 0.1) is 17.7 Å². The number of ether oxygens (including phenoxy) is 1. The van der Waals surface area contributed by atoms with Crippen molar-refractivity contribution >= 4 is 32.7 Å². The number of amides is 1. The highest BCUT2D eigenvalue weighted by atomic mass is 32.2. The Morgan fingerprint density at radius 2 is 1.78 bits per heavy atom. The Morgan fingerprint density at radius 1 is 1.12 bits per heavy atom. The van der Waals surface area contributed by atoms with Crippen LogP contribution in [0.25, 0.3) is 0 Å². The Hall–Kier alpha value is -2.71. The van der Waals surface area contributed by atoms with E-state index in [1.165, 1.54) is 12.1 Å². The Balaban J connectivity index is 1.83. The van der Waals surface area contributed by atoms with Crippen molar-refractivity contribution in [3.63, 3.8) is 0 Å². The lowest BCUT2D eigenvalue weighted by Crippen LogP contribution is -2.55. The van der Waals surface area contributed by atoms with E-state index in [1.54, 1.807) is 19.2 Å². The maximum Gasteiger partial charge on any atom is 0.306 e. The van der Waals surface area contributed by atoms with Crippen molar-refractivity contribution in [1.29, 1.82) is 0 Å². The number of aliphatic hydroxyl groups is 1. The molecule has 13 heteroatoms. The van der Waals surface area contributed by atoms with Gasteiger partial charge >= 0.3 is 5.97 Å². The molecule has 1 aliphatic carbocycles. The summed E-state index contributed by atoms with van der Waals surface area (Å²) >= 11 is 0. The van der Waals surface area contributed by atoms with Crippen LogP contribution in [-0.4, -0.2) is 78.1 Å². The van der Waals surface area contributed by atoms with E-state index in [9.17, 15) is 36.8 Å². The zero-order chi connectivity index (χ0) is 30.2. The van der Waals surface area contributed by atoms with Gasteiger partial charge in [0.25, 0.3) is 0 Å². The minimum Gasteiger partial charge on any atom is -0.481 e. The van der Waals surface area contributed by atoms with Gasteiger partial charge in [0.1, 0.15) is 11.9 Å². The maximum absolute atomic E-state index is 13.5. The Labute approximate surface area is 242 Å². The van der Waals surface area contributed by atoms with Crippen molar-refractivity contribution in [3.8, 4) is 0 Å². The zero-order valence-corrected chi connectivity index (χ0v) is 24.6. The number of carbonyl (C=O) groups is 2. The van der Waals surface area contributed by atoms with Gasteiger partial charge in [-0.1, -0.05) is 30.3 Å². The van der Waals surface area contributed by atoms with Crippen molar-refractivity contribution in [2.75, 3.05) is 19.1 Å². The van der Waals surface area contributed by atoms with Crippen molar-refractivity contribution in [2.24, 2.45) is 11.8 Å². The van der Waals surface area contributed by atoms with Crippen LogP contribution in [0.2, 0.25) is 0 Å². The third-order valence-electron chi connectivity index (χ3n) is 7.29. The summed E-state index contributed by atoms with van der Waals surface area (Å²) in [5.41, 5.74) is 0.785. The Kier molecular flexibility index (Phi) is 12.0. The second-order valence-electron chi connectivity index (χ2n) is 10.4. The van der Waals surface area contributed by atoms with Gasteiger partial charge < -0.3 is 20.3 Å². The summed E-state index contributed by atoms with van der Waals surface area (Å²) < 4.78 is 58.1. The number of hydrogen-bond acceptors (Lipinski definition) is 7. The number of nitrogens with one attached hydrogen (secondary N) is 2. The summed E-state index contributed by atoms with van der Waals surface area (Å²) in [7, 11) is -4.21. The summed E-state index contributed by atoms with van der Waals surface area (Å²) in [5.74, 6) is -3.82. The molecule has 2 aromatic rings. The maximum atomic E-state index is 13.5. The van der Waals surface area contributed by atoms with E-state index in [0.717, 1.165) is 24.0 Å². The quantitative estimate of drug-likeness (QED) is 0.252. The molecule has 2 aromatic carbocycles. The van der Waals surface area contributed by atoms with E-state index in [4.69, 9.17) is 4.74 Å². The second-order valence-corrected chi connectivity index (χ2v) is 13.7. The summed E-state index contributed by atoms with van der Waals surface area (Å²) in [6, 6.07) is 11.5. The number of carbonyl (C=O) groups excluding carboxylic acids is 1. The van der Waals surface area contributed by atoms with Crippen LogP contribution in [0.4, 0.5) is 4.39 Å². The molecule has 0 radical (unpaired) electrons. The fourth-order valence-electron chi connectivity index (χ4n) is 5.19. The second kappa shape index (κ2) is 15.0. The highest BCUT2D eigenvalue weighted by Crippen LogP contribution is 2.35. The van der Waals surface area contributed by atoms with Gasteiger partial charge in [-0.15, -0.1) is 0 Å². The van der Waals surface area contributed by atoms with E-state index in [1.807, 2.05) is 18.2 Å². The summed E-state index contributed by atoms with van der Waals surface area (Å²) in [6.45, 7) is 0. The molecule has 226 valence electrons. The topological polar surface area (TPSA) is 159 Å². The van der Waals surface area contributed by atoms with Gasteiger partial charge in [-0.3, -0.25) is 13.8 Å². The molecule has 10 nitrogen and oxygen atoms in total. The van der Waals surface area contributed by atoms with Crippen LogP contribution in [-0.2, 0) is 41.6 Å². The van der Waals surface area contributed by atoms with Gasteiger partial charge in [0, 0.05) is 12.0 Å². The Bertz CT molecular complexity index is 1290. The van der Waals surface area contributed by atoms with Crippen molar-refractivity contribution in [2.45, 2.75) is 61.3 Å². The van der Waals surface area contributed by atoms with E-state index < -0.39 is 74.3 Å². The van der Waals surface area contributed by atoms with Crippen LogP contribution in [0.1, 0.15) is 31.2 Å². The van der Waals surface area contributed by atoms with Gasteiger partial charge in [-0.25, -0.2) is 17.5 Å². The van der Waals surface area contributed by atoms with E-state index in [2.05, 4.69) is 10.0 Å². The molecule has 1 aliphatic rings. The molecule has 0 aromatic heterocycles. The van der Waals surface area contributed by atoms with Crippen LogP contribution < -0.4 is 10.0 Å². The number of sulfonamides is 1. The molecule has 7 unspecified atom stereocenters. The van der Waals surface area contributed by atoms with Crippen LogP contribution >= 0.6 is 0 Å². The van der Waals surface area contributed by atoms with Gasteiger partial charge in [-0.05, 0) is 67.9 Å². The normalized spacial score (nSPS) is 22.3. The number of aliphatic carboxylic acids is 1. The van der Waals surface area contributed by atoms with Gasteiger partial charge in [-0.2, -0.15) is 0 Å². The first kappa shape index (κ1) is 32.8. The SMILES string of the molecule is COC1CCC(C(=O)O)C(CC(O)C(Cc2ccccc2)NC(=O)C(CS(=O)c2ccc(F)cc2)NS(C)(=O)=O)C1. The number of carboxylic acids is 1. The number of rotatable bonds is 14. The van der Waals surface area contributed by atoms with E-state index in [-0.39, 0.29) is 23.8 Å². The molecule has 1 fully saturated rings. The highest BCUT2D eigenvalue weighted by molar-refractivity contribution is 7.89.